The van der Waals surface area contributed by atoms with Gasteiger partial charge in [0, 0.05) is 27.2 Å². The lowest BCUT2D eigenvalue weighted by Gasteiger charge is -2.33. The largest absolute Gasteiger partial charge is 0.354 e. The average molecular weight is 558 g/mol. The van der Waals surface area contributed by atoms with Gasteiger partial charge in [0.05, 0.1) is 15.7 Å². The van der Waals surface area contributed by atoms with Gasteiger partial charge in [0.25, 0.3) is 0 Å². The number of anilines is 1. The molecule has 1 N–H and O–H groups in total. The molecule has 1 unspecified atom stereocenters. The third-order valence-electron chi connectivity index (χ3n) is 5.71. The van der Waals surface area contributed by atoms with Gasteiger partial charge in [0.1, 0.15) is 12.6 Å². The molecular formula is C25H34Cl2N4O4S. The third-order valence-corrected chi connectivity index (χ3v) is 8.25. The highest BCUT2D eigenvalue weighted by molar-refractivity contribution is 7.90. The van der Waals surface area contributed by atoms with Gasteiger partial charge in [-0.25, -0.2) is 4.31 Å². The summed E-state index contributed by atoms with van der Waals surface area (Å²) in [5, 5.41) is 3.49. The van der Waals surface area contributed by atoms with Crippen molar-refractivity contribution in [3.63, 3.8) is 0 Å². The maximum Gasteiger partial charge on any atom is 0.304 e. The summed E-state index contributed by atoms with van der Waals surface area (Å²) in [6, 6.07) is 9.50. The number of benzene rings is 2. The van der Waals surface area contributed by atoms with Crippen LogP contribution in [0.2, 0.25) is 10.0 Å². The fraction of sp³-hybridized carbons (Fsp3) is 0.440. The number of rotatable bonds is 11. The van der Waals surface area contributed by atoms with E-state index in [4.69, 9.17) is 23.2 Å². The molecule has 1 atom stereocenters. The highest BCUT2D eigenvalue weighted by atomic mass is 35.5. The summed E-state index contributed by atoms with van der Waals surface area (Å²) in [6.45, 7) is 7.19. The predicted octanol–water partition coefficient (Wildman–Crippen LogP) is 4.17. The van der Waals surface area contributed by atoms with Crippen molar-refractivity contribution in [3.8, 4) is 0 Å². The van der Waals surface area contributed by atoms with Crippen LogP contribution in [0.1, 0.15) is 37.0 Å². The Bertz CT molecular complexity index is 1200. The van der Waals surface area contributed by atoms with Crippen molar-refractivity contribution >= 4 is 50.9 Å². The standard InChI is InChI=1S/C25H34Cl2N4O4S/c1-7-12-28-25(33)19(4)30(15-20-10-11-21(26)22(27)14-20)24(32)16-31(36(34,35)29(5)6)23-13-17(2)8-9-18(23)3/h8-11,13-14,19H,7,12,15-16H2,1-6H3,(H,28,33). The maximum atomic E-state index is 13.7. The van der Waals surface area contributed by atoms with Crippen LogP contribution in [-0.4, -0.2) is 62.7 Å². The zero-order chi connectivity index (χ0) is 27.2. The van der Waals surface area contributed by atoms with Crippen LogP contribution < -0.4 is 9.62 Å². The molecule has 0 fully saturated rings. The first-order valence-electron chi connectivity index (χ1n) is 11.6. The fourth-order valence-corrected chi connectivity index (χ4v) is 4.94. The highest BCUT2D eigenvalue weighted by Gasteiger charge is 2.33. The quantitative estimate of drug-likeness (QED) is 0.449. The Morgan fingerprint density at radius 1 is 1.03 bits per heavy atom. The first-order valence-corrected chi connectivity index (χ1v) is 13.7. The lowest BCUT2D eigenvalue weighted by Crippen LogP contribution is -2.52. The first kappa shape index (κ1) is 29.9. The second-order valence-electron chi connectivity index (χ2n) is 8.82. The van der Waals surface area contributed by atoms with Gasteiger partial charge in [0.15, 0.2) is 0 Å². The van der Waals surface area contributed by atoms with Crippen molar-refractivity contribution in [1.82, 2.24) is 14.5 Å². The molecule has 0 bridgehead atoms. The van der Waals surface area contributed by atoms with Crippen molar-refractivity contribution < 1.29 is 18.0 Å². The van der Waals surface area contributed by atoms with Gasteiger partial charge in [0.2, 0.25) is 11.8 Å². The minimum atomic E-state index is -4.03. The van der Waals surface area contributed by atoms with E-state index in [9.17, 15) is 18.0 Å². The maximum absolute atomic E-state index is 13.7. The van der Waals surface area contributed by atoms with Crippen LogP contribution in [0.5, 0.6) is 0 Å². The van der Waals surface area contributed by atoms with Crippen LogP contribution in [0.4, 0.5) is 5.69 Å². The summed E-state index contributed by atoms with van der Waals surface area (Å²) in [4.78, 5) is 27.9. The Labute approximate surface area is 224 Å². The van der Waals surface area contributed by atoms with Crippen molar-refractivity contribution in [2.45, 2.75) is 46.7 Å². The molecule has 11 heteroatoms. The molecular weight excluding hydrogens is 523 g/mol. The van der Waals surface area contributed by atoms with Crippen LogP contribution in [0.15, 0.2) is 36.4 Å². The Morgan fingerprint density at radius 2 is 1.69 bits per heavy atom. The molecule has 2 rings (SSSR count). The highest BCUT2D eigenvalue weighted by Crippen LogP contribution is 2.27. The van der Waals surface area contributed by atoms with Crippen molar-refractivity contribution in [1.29, 1.82) is 0 Å². The Morgan fingerprint density at radius 3 is 2.28 bits per heavy atom. The number of aryl methyl sites for hydroxylation is 2. The van der Waals surface area contributed by atoms with Gasteiger partial charge < -0.3 is 10.2 Å². The topological polar surface area (TPSA) is 90.0 Å². The zero-order valence-electron chi connectivity index (χ0n) is 21.5. The summed E-state index contributed by atoms with van der Waals surface area (Å²) in [7, 11) is -1.21. The number of amides is 2. The van der Waals surface area contributed by atoms with E-state index in [1.54, 1.807) is 38.1 Å². The smallest absolute Gasteiger partial charge is 0.304 e. The van der Waals surface area contributed by atoms with Crippen LogP contribution in [0, 0.1) is 13.8 Å². The van der Waals surface area contributed by atoms with E-state index in [-0.39, 0.29) is 12.5 Å². The minimum Gasteiger partial charge on any atom is -0.354 e. The van der Waals surface area contributed by atoms with Crippen LogP contribution in [0.25, 0.3) is 0 Å². The van der Waals surface area contributed by atoms with Crippen LogP contribution in [0.3, 0.4) is 0 Å². The monoisotopic (exact) mass is 556 g/mol. The van der Waals surface area contributed by atoms with E-state index in [1.165, 1.54) is 19.0 Å². The normalized spacial score (nSPS) is 12.4. The number of carbonyl (C=O) groups is 2. The molecule has 0 aliphatic carbocycles. The van der Waals surface area contributed by atoms with Crippen molar-refractivity contribution in [2.24, 2.45) is 0 Å². The first-order chi connectivity index (χ1) is 16.8. The predicted molar refractivity (Wildman–Crippen MR) is 146 cm³/mol. The molecule has 0 heterocycles. The molecule has 0 saturated heterocycles. The molecule has 2 amide bonds. The summed E-state index contributed by atoms with van der Waals surface area (Å²) in [6.07, 6.45) is 0.737. The number of nitrogens with one attached hydrogen (secondary N) is 1. The van der Waals surface area contributed by atoms with E-state index >= 15 is 0 Å². The number of hydrogen-bond acceptors (Lipinski definition) is 4. The minimum absolute atomic E-state index is 0.0408. The molecule has 36 heavy (non-hydrogen) atoms. The van der Waals surface area contributed by atoms with E-state index in [1.807, 2.05) is 26.0 Å². The number of nitrogens with zero attached hydrogens (tertiary/aromatic N) is 3. The molecule has 2 aromatic carbocycles. The molecule has 0 aliphatic heterocycles. The second kappa shape index (κ2) is 12.8. The molecule has 2 aromatic rings. The number of hydrogen-bond donors (Lipinski definition) is 1. The van der Waals surface area contributed by atoms with E-state index in [0.717, 1.165) is 20.6 Å². The summed E-state index contributed by atoms with van der Waals surface area (Å²) in [5.41, 5.74) is 2.60. The Balaban J connectivity index is 2.51. The van der Waals surface area contributed by atoms with E-state index in [0.29, 0.717) is 33.4 Å². The summed E-state index contributed by atoms with van der Waals surface area (Å²) >= 11 is 12.2. The molecule has 0 saturated carbocycles. The van der Waals surface area contributed by atoms with Gasteiger partial charge in [-0.15, -0.1) is 0 Å². The lowest BCUT2D eigenvalue weighted by atomic mass is 10.1. The summed E-state index contributed by atoms with van der Waals surface area (Å²) in [5.74, 6) is -0.870. The van der Waals surface area contributed by atoms with Gasteiger partial charge >= 0.3 is 10.2 Å². The summed E-state index contributed by atoms with van der Waals surface area (Å²) < 4.78 is 28.8. The zero-order valence-corrected chi connectivity index (χ0v) is 23.8. The van der Waals surface area contributed by atoms with Crippen molar-refractivity contribution in [2.75, 3.05) is 31.5 Å². The molecule has 0 spiro atoms. The third kappa shape index (κ3) is 7.35. The SMILES string of the molecule is CCCNC(=O)C(C)N(Cc1ccc(Cl)c(Cl)c1)C(=O)CN(c1cc(C)ccc1C)S(=O)(=O)N(C)C. The van der Waals surface area contributed by atoms with Crippen molar-refractivity contribution in [3.05, 3.63) is 63.1 Å². The van der Waals surface area contributed by atoms with E-state index in [2.05, 4.69) is 5.32 Å². The number of halogens is 2. The van der Waals surface area contributed by atoms with Gasteiger partial charge in [-0.2, -0.15) is 12.7 Å². The Hall–Kier alpha value is -2.33. The second-order valence-corrected chi connectivity index (χ2v) is 11.7. The Kier molecular flexibility index (Phi) is 10.6. The van der Waals surface area contributed by atoms with Gasteiger partial charge in [-0.05, 0) is 62.1 Å². The molecule has 0 aliphatic rings. The fourth-order valence-electron chi connectivity index (χ4n) is 3.50. The van der Waals surface area contributed by atoms with Crippen LogP contribution >= 0.6 is 23.2 Å². The molecule has 0 aromatic heterocycles. The van der Waals surface area contributed by atoms with E-state index < -0.39 is 28.7 Å². The average Bonchev–Trinajstić information content (AvgIpc) is 2.82. The van der Waals surface area contributed by atoms with Gasteiger partial charge in [-0.3, -0.25) is 9.59 Å². The number of carbonyl (C=O) groups excluding carboxylic acids is 2. The lowest BCUT2D eigenvalue weighted by molar-refractivity contribution is -0.139. The van der Waals surface area contributed by atoms with Crippen LogP contribution in [-0.2, 0) is 26.3 Å². The molecule has 198 valence electrons. The molecule has 8 nitrogen and oxygen atoms in total. The van der Waals surface area contributed by atoms with Gasteiger partial charge in [-0.1, -0.05) is 48.3 Å². The molecule has 0 radical (unpaired) electrons.